The molecule has 0 spiro atoms. The van der Waals surface area contributed by atoms with Crippen LogP contribution in [0.3, 0.4) is 0 Å². The third-order valence-corrected chi connectivity index (χ3v) is 9.64. The van der Waals surface area contributed by atoms with Crippen molar-refractivity contribution < 1.29 is 70.8 Å². The summed E-state index contributed by atoms with van der Waals surface area (Å²) in [5.74, 6) is -8.42. The summed E-state index contributed by atoms with van der Waals surface area (Å²) in [6.45, 7) is 6.24. The molecule has 65 heavy (non-hydrogen) atoms. The molecule has 1 heterocycles. The number of halogens is 5. The van der Waals surface area contributed by atoms with E-state index in [0.29, 0.717) is 5.82 Å². The number of hydrogen-bond acceptors (Lipinski definition) is 10. The maximum Gasteiger partial charge on any atom is 0.490 e. The number of nitrogens with zero attached hydrogens (tertiary/aromatic N) is 3. The Morgan fingerprint density at radius 3 is 2.11 bits per heavy atom. The fraction of sp³-hybridized carbons (Fsp3) is 0.476. The van der Waals surface area contributed by atoms with Crippen LogP contribution in [0.1, 0.15) is 77.2 Å². The lowest BCUT2D eigenvalue weighted by Gasteiger charge is -2.40. The van der Waals surface area contributed by atoms with E-state index in [-0.39, 0.29) is 69.5 Å². The molecule has 2 aromatic carbocycles. The van der Waals surface area contributed by atoms with Crippen LogP contribution in [-0.2, 0) is 35.3 Å². The molecule has 0 radical (unpaired) electrons. The summed E-state index contributed by atoms with van der Waals surface area (Å²) < 4.78 is 62.8. The highest BCUT2D eigenvalue weighted by atomic mass is 19.4. The number of benzene rings is 2. The van der Waals surface area contributed by atoms with Crippen LogP contribution in [0.5, 0.6) is 0 Å². The number of rotatable bonds is 22. The number of alkyl halides is 3. The van der Waals surface area contributed by atoms with Gasteiger partial charge in [0.15, 0.2) is 5.78 Å². The number of nitrogens with two attached hydrogens (primary N) is 2. The highest BCUT2D eigenvalue weighted by molar-refractivity contribution is 5.91. The molecule has 0 saturated carbocycles. The maximum atomic E-state index is 15.0. The number of ketones is 1. The van der Waals surface area contributed by atoms with Gasteiger partial charge in [-0.2, -0.15) is 13.2 Å². The van der Waals surface area contributed by atoms with Gasteiger partial charge in [-0.15, -0.1) is 0 Å². The Bertz CT molecular complexity index is 2110. The van der Waals surface area contributed by atoms with Gasteiger partial charge in [-0.1, -0.05) is 51.1 Å². The number of carbonyl (C=O) groups excluding carboxylic acids is 5. The molecule has 0 bridgehead atoms. The van der Waals surface area contributed by atoms with Gasteiger partial charge in [0.2, 0.25) is 17.7 Å². The van der Waals surface area contributed by atoms with E-state index in [1.807, 2.05) is 51.1 Å². The van der Waals surface area contributed by atoms with Crippen molar-refractivity contribution in [1.29, 1.82) is 0 Å². The Labute approximate surface area is 370 Å². The number of aliphatic carboxylic acids is 2. The van der Waals surface area contributed by atoms with Gasteiger partial charge >= 0.3 is 24.1 Å². The molecule has 0 saturated heterocycles. The number of carbonyl (C=O) groups is 7. The highest BCUT2D eigenvalue weighted by Gasteiger charge is 2.39. The van der Waals surface area contributed by atoms with Gasteiger partial charge in [-0.25, -0.2) is 23.4 Å². The Balaban J connectivity index is 0.00000191. The Hall–Kier alpha value is -6.49. The standard InChI is InChI=1S/C40H54F2N8O8.C2HF3O2/c1-24(32(52)19-26(38(56)57)11-8-16-46-39(44)58)47-33(53)14-17-45-37(55)30(43)15-18-50(34(54)23-51)35(40(2,3)4)36-48-31(28-20-27(41)12-13-29(28)42)22-49(36)21-25-9-6-5-7-10-25;3-2(4,5)1(6)7/h5-7,9-10,12-13,20,22,24,26,30,35,51H,8,11,14-19,21,23,43H2,1-4H3,(H,45,55)(H,47,53)(H,56,57)(H3,44,46,58);(H,6,7)/t24-,26+,30-,35-;/m0./s1. The van der Waals surface area contributed by atoms with Crippen LogP contribution in [0.25, 0.3) is 11.3 Å². The zero-order chi connectivity index (χ0) is 49.2. The zero-order valence-electron chi connectivity index (χ0n) is 36.2. The summed E-state index contributed by atoms with van der Waals surface area (Å²) >= 11 is 0. The quantitative estimate of drug-likeness (QED) is 0.0533. The third-order valence-electron chi connectivity index (χ3n) is 9.64. The lowest BCUT2D eigenvalue weighted by Crippen LogP contribution is -2.48. The predicted octanol–water partition coefficient (Wildman–Crippen LogP) is 3.25. The van der Waals surface area contributed by atoms with Crippen molar-refractivity contribution in [3.8, 4) is 11.3 Å². The molecule has 4 atom stereocenters. The number of aliphatic hydroxyl groups is 1. The normalized spacial score (nSPS) is 13.2. The van der Waals surface area contributed by atoms with Gasteiger partial charge in [0, 0.05) is 50.8 Å². The number of hydrogen-bond donors (Lipinski definition) is 8. The Morgan fingerprint density at radius 1 is 0.923 bits per heavy atom. The fourth-order valence-electron chi connectivity index (χ4n) is 6.39. The predicted molar refractivity (Wildman–Crippen MR) is 223 cm³/mol. The second kappa shape index (κ2) is 25.1. The van der Waals surface area contributed by atoms with Crippen LogP contribution in [-0.4, -0.2) is 116 Å². The number of nitrogens with one attached hydrogen (secondary N) is 3. The van der Waals surface area contributed by atoms with E-state index in [0.717, 1.165) is 23.8 Å². The molecule has 0 fully saturated rings. The number of carboxylic acid groups (broad SMARTS) is 2. The number of imidazole rings is 1. The summed E-state index contributed by atoms with van der Waals surface area (Å²) in [5.41, 5.74) is 11.4. The first-order valence-corrected chi connectivity index (χ1v) is 20.1. The summed E-state index contributed by atoms with van der Waals surface area (Å²) in [6, 6.07) is 8.58. The molecule has 18 nitrogen and oxygen atoms in total. The van der Waals surface area contributed by atoms with Crippen molar-refractivity contribution in [1.82, 2.24) is 30.4 Å². The van der Waals surface area contributed by atoms with Crippen molar-refractivity contribution in [2.24, 2.45) is 22.8 Å². The van der Waals surface area contributed by atoms with Crippen LogP contribution < -0.4 is 27.4 Å². The monoisotopic (exact) mass is 926 g/mol. The van der Waals surface area contributed by atoms with Crippen LogP contribution >= 0.6 is 0 Å². The molecule has 0 unspecified atom stereocenters. The summed E-state index contributed by atoms with van der Waals surface area (Å²) in [7, 11) is 0. The molecular weight excluding hydrogens is 871 g/mol. The van der Waals surface area contributed by atoms with Gasteiger partial charge in [0.25, 0.3) is 0 Å². The van der Waals surface area contributed by atoms with E-state index in [4.69, 9.17) is 26.4 Å². The van der Waals surface area contributed by atoms with E-state index >= 15 is 4.39 Å². The minimum absolute atomic E-state index is 0.0734. The first kappa shape index (κ1) is 54.6. The average molecular weight is 927 g/mol. The minimum atomic E-state index is -5.08. The number of Topliss-reactive ketones (excluding diaryl/α,β-unsaturated/α-hetero) is 1. The number of aromatic nitrogens is 2. The first-order chi connectivity index (χ1) is 30.3. The molecule has 358 valence electrons. The molecule has 0 aliphatic rings. The van der Waals surface area contributed by atoms with Gasteiger partial charge in [-0.05, 0) is 55.4 Å². The van der Waals surface area contributed by atoms with E-state index in [2.05, 4.69) is 16.0 Å². The lowest BCUT2D eigenvalue weighted by molar-refractivity contribution is -0.192. The third kappa shape index (κ3) is 18.3. The fourth-order valence-corrected chi connectivity index (χ4v) is 6.39. The van der Waals surface area contributed by atoms with Crippen LogP contribution in [0.4, 0.5) is 26.7 Å². The summed E-state index contributed by atoms with van der Waals surface area (Å²) in [4.78, 5) is 89.1. The number of amides is 5. The van der Waals surface area contributed by atoms with Crippen LogP contribution in [0.15, 0.2) is 54.7 Å². The largest absolute Gasteiger partial charge is 0.490 e. The molecule has 3 aromatic rings. The van der Waals surface area contributed by atoms with Crippen molar-refractivity contribution >= 4 is 41.5 Å². The smallest absolute Gasteiger partial charge is 0.481 e. The van der Waals surface area contributed by atoms with E-state index in [9.17, 15) is 56.5 Å². The number of carboxylic acids is 2. The first-order valence-electron chi connectivity index (χ1n) is 20.1. The SMILES string of the molecule is C[C@H](NC(=O)CCNC(=O)[C@@H](N)CCN(C(=O)CO)[C@@H](c1nc(-c2cc(F)ccc2F)cn1Cc1ccccc1)C(C)(C)C)C(=O)C[C@@H](CCCNC(N)=O)C(=O)O.O=C(O)C(F)(F)F. The van der Waals surface area contributed by atoms with Crippen molar-refractivity contribution in [2.75, 3.05) is 26.2 Å². The van der Waals surface area contributed by atoms with Crippen molar-refractivity contribution in [2.45, 2.75) is 90.6 Å². The van der Waals surface area contributed by atoms with E-state index < -0.39 is 95.4 Å². The number of aliphatic hydroxyl groups excluding tert-OH is 1. The molecule has 0 aliphatic heterocycles. The second-order valence-electron chi connectivity index (χ2n) is 15.9. The molecule has 23 heteroatoms. The van der Waals surface area contributed by atoms with Gasteiger partial charge < -0.3 is 52.2 Å². The topological polar surface area (TPSA) is 289 Å². The lowest BCUT2D eigenvalue weighted by atomic mass is 9.84. The van der Waals surface area contributed by atoms with E-state index in [1.165, 1.54) is 11.8 Å². The zero-order valence-corrected chi connectivity index (χ0v) is 36.2. The average Bonchev–Trinajstić information content (AvgIpc) is 3.62. The molecular formula is C42H55F5N8O10. The summed E-state index contributed by atoms with van der Waals surface area (Å²) in [6.07, 6.45) is -3.76. The van der Waals surface area contributed by atoms with Crippen molar-refractivity contribution in [3.05, 3.63) is 77.8 Å². The summed E-state index contributed by atoms with van der Waals surface area (Å²) in [5, 5.41) is 34.1. The van der Waals surface area contributed by atoms with Crippen molar-refractivity contribution in [3.63, 3.8) is 0 Å². The van der Waals surface area contributed by atoms with Gasteiger partial charge in [0.1, 0.15) is 24.1 Å². The molecule has 10 N–H and O–H groups in total. The molecule has 5 amide bonds. The Kier molecular flexibility index (Phi) is 21.1. The maximum absolute atomic E-state index is 15.0. The molecule has 0 aliphatic carbocycles. The highest BCUT2D eigenvalue weighted by Crippen LogP contribution is 2.39. The van der Waals surface area contributed by atoms with Crippen LogP contribution in [0.2, 0.25) is 0 Å². The Morgan fingerprint density at radius 2 is 1.55 bits per heavy atom. The van der Waals surface area contributed by atoms with Gasteiger partial charge in [0.05, 0.1) is 29.7 Å². The van der Waals surface area contributed by atoms with Crippen LogP contribution in [0, 0.1) is 23.0 Å². The number of urea groups is 1. The number of primary amides is 1. The molecule has 3 rings (SSSR count). The molecule has 1 aromatic heterocycles. The van der Waals surface area contributed by atoms with E-state index in [1.54, 1.807) is 10.8 Å². The van der Waals surface area contributed by atoms with Gasteiger partial charge in [-0.3, -0.25) is 24.0 Å². The second-order valence-corrected chi connectivity index (χ2v) is 15.9. The minimum Gasteiger partial charge on any atom is -0.481 e.